The van der Waals surface area contributed by atoms with Gasteiger partial charge in [0.2, 0.25) is 5.91 Å². The number of amides is 3. The maximum atomic E-state index is 13.5. The van der Waals surface area contributed by atoms with Gasteiger partial charge in [-0.3, -0.25) is 14.5 Å². The monoisotopic (exact) mass is 516 g/mol. The van der Waals surface area contributed by atoms with Crippen molar-refractivity contribution >= 4 is 29.2 Å². The zero-order chi connectivity index (χ0) is 25.8. The van der Waals surface area contributed by atoms with E-state index in [-0.39, 0.29) is 25.6 Å². The molecule has 0 unspecified atom stereocenters. The molecular weight excluding hydrogens is 480 g/mol. The zero-order valence-corrected chi connectivity index (χ0v) is 21.9. The van der Waals surface area contributed by atoms with Gasteiger partial charge in [0.15, 0.2) is 0 Å². The number of esters is 1. The second-order valence-corrected chi connectivity index (χ2v) is 9.96. The van der Waals surface area contributed by atoms with Gasteiger partial charge < -0.3 is 24.6 Å². The molecule has 2 aromatic rings. The van der Waals surface area contributed by atoms with Crippen LogP contribution < -0.4 is 5.32 Å². The largest absolute Gasteiger partial charge is 0.465 e. The highest BCUT2D eigenvalue weighted by molar-refractivity contribution is 7.11. The summed E-state index contributed by atoms with van der Waals surface area (Å²) < 4.78 is 10.3. The molecule has 10 heteroatoms. The van der Waals surface area contributed by atoms with Crippen molar-refractivity contribution in [3.63, 3.8) is 0 Å². The summed E-state index contributed by atoms with van der Waals surface area (Å²) in [5.41, 5.74) is 1.02. The van der Waals surface area contributed by atoms with E-state index in [2.05, 4.69) is 10.2 Å². The number of rotatable bonds is 12. The first kappa shape index (κ1) is 27.6. The molecule has 1 aliphatic rings. The first-order valence-electron chi connectivity index (χ1n) is 12.3. The molecule has 1 aromatic carbocycles. The molecule has 0 aliphatic carbocycles. The van der Waals surface area contributed by atoms with Gasteiger partial charge in [-0.1, -0.05) is 30.3 Å². The number of thiophene rings is 1. The SMILES string of the molecule is CCOC(=O)CNC(=O)N(CCN1CCOCC1)CC(=O)N(Cc1ccccc1)Cc1ccc(C)s1. The Hall–Kier alpha value is -2.95. The molecular formula is C26H36N4O5S. The third-order valence-electron chi connectivity index (χ3n) is 5.80. The number of aryl methyl sites for hydroxylation is 1. The number of ether oxygens (including phenoxy) is 2. The summed E-state index contributed by atoms with van der Waals surface area (Å²) in [6.07, 6.45) is 0. The second kappa shape index (κ2) is 14.6. The summed E-state index contributed by atoms with van der Waals surface area (Å²) >= 11 is 1.66. The predicted molar refractivity (Wildman–Crippen MR) is 139 cm³/mol. The van der Waals surface area contributed by atoms with Gasteiger partial charge in [-0.25, -0.2) is 4.79 Å². The molecule has 36 heavy (non-hydrogen) atoms. The molecule has 3 amide bonds. The van der Waals surface area contributed by atoms with Gasteiger partial charge in [-0.05, 0) is 31.5 Å². The van der Waals surface area contributed by atoms with Crippen molar-refractivity contribution in [1.29, 1.82) is 0 Å². The summed E-state index contributed by atoms with van der Waals surface area (Å²) in [5, 5.41) is 2.60. The van der Waals surface area contributed by atoms with Crippen LogP contribution >= 0.6 is 11.3 Å². The van der Waals surface area contributed by atoms with Gasteiger partial charge in [0.05, 0.1) is 26.4 Å². The molecule has 9 nitrogen and oxygen atoms in total. The standard InChI is InChI=1S/C26H36N4O5S/c1-3-35-25(32)17-27-26(33)29(12-11-28-13-15-34-16-14-28)20-24(31)30(18-22-7-5-4-6-8-22)19-23-10-9-21(2)36-23/h4-10H,3,11-20H2,1-2H3,(H,27,33). The van der Waals surface area contributed by atoms with Crippen LogP contribution in [0.4, 0.5) is 4.79 Å². The van der Waals surface area contributed by atoms with Crippen LogP contribution in [0.2, 0.25) is 0 Å². The van der Waals surface area contributed by atoms with Gasteiger partial charge in [-0.15, -0.1) is 11.3 Å². The van der Waals surface area contributed by atoms with Gasteiger partial charge >= 0.3 is 12.0 Å². The Morgan fingerprint density at radius 2 is 1.81 bits per heavy atom. The molecule has 1 saturated heterocycles. The highest BCUT2D eigenvalue weighted by Gasteiger charge is 2.24. The van der Waals surface area contributed by atoms with Crippen LogP contribution in [0.1, 0.15) is 22.2 Å². The van der Waals surface area contributed by atoms with Crippen molar-refractivity contribution < 1.29 is 23.9 Å². The number of morpholine rings is 1. The lowest BCUT2D eigenvalue weighted by Gasteiger charge is -2.31. The second-order valence-electron chi connectivity index (χ2n) is 8.59. The molecule has 0 atom stereocenters. The number of nitrogens with one attached hydrogen (secondary N) is 1. The molecule has 0 saturated carbocycles. The van der Waals surface area contributed by atoms with E-state index >= 15 is 0 Å². The molecule has 3 rings (SSSR count). The van der Waals surface area contributed by atoms with E-state index in [0.717, 1.165) is 23.5 Å². The van der Waals surface area contributed by atoms with E-state index in [1.54, 1.807) is 23.2 Å². The van der Waals surface area contributed by atoms with E-state index < -0.39 is 12.0 Å². The Labute approximate surface area is 217 Å². The van der Waals surface area contributed by atoms with Crippen LogP contribution in [-0.2, 0) is 32.2 Å². The lowest BCUT2D eigenvalue weighted by Crippen LogP contribution is -2.50. The first-order valence-corrected chi connectivity index (χ1v) is 13.1. The third kappa shape index (κ3) is 9.25. The van der Waals surface area contributed by atoms with E-state index in [9.17, 15) is 14.4 Å². The number of carbonyl (C=O) groups excluding carboxylic acids is 3. The highest BCUT2D eigenvalue weighted by atomic mass is 32.1. The van der Waals surface area contributed by atoms with Gasteiger partial charge in [0.1, 0.15) is 13.1 Å². The third-order valence-corrected chi connectivity index (χ3v) is 6.79. The number of carbonyl (C=O) groups is 3. The molecule has 196 valence electrons. The van der Waals surface area contributed by atoms with E-state index in [1.807, 2.05) is 49.4 Å². The summed E-state index contributed by atoms with van der Waals surface area (Å²) in [4.78, 5) is 46.0. The molecule has 1 aromatic heterocycles. The quantitative estimate of drug-likeness (QED) is 0.436. The Morgan fingerprint density at radius 1 is 1.06 bits per heavy atom. The van der Waals surface area contributed by atoms with Crippen LogP contribution in [0.5, 0.6) is 0 Å². The minimum atomic E-state index is -0.510. The van der Waals surface area contributed by atoms with Gasteiger partial charge in [-0.2, -0.15) is 0 Å². The smallest absolute Gasteiger partial charge is 0.325 e. The van der Waals surface area contributed by atoms with Crippen LogP contribution in [0, 0.1) is 6.92 Å². The van der Waals surface area contributed by atoms with Crippen LogP contribution in [-0.4, -0.2) is 91.7 Å². The van der Waals surface area contributed by atoms with Crippen LogP contribution in [0.3, 0.4) is 0 Å². The average molecular weight is 517 g/mol. The predicted octanol–water partition coefficient (Wildman–Crippen LogP) is 2.49. The maximum absolute atomic E-state index is 13.5. The van der Waals surface area contributed by atoms with Crippen molar-refractivity contribution in [2.24, 2.45) is 0 Å². The van der Waals surface area contributed by atoms with Crippen LogP contribution in [0.25, 0.3) is 0 Å². The average Bonchev–Trinajstić information content (AvgIpc) is 3.30. The summed E-state index contributed by atoms with van der Waals surface area (Å²) in [6, 6.07) is 13.4. The van der Waals surface area contributed by atoms with Crippen molar-refractivity contribution in [3.05, 3.63) is 57.8 Å². The molecule has 1 aliphatic heterocycles. The van der Waals surface area contributed by atoms with E-state index in [1.165, 1.54) is 9.78 Å². The Bertz CT molecular complexity index is 978. The molecule has 0 radical (unpaired) electrons. The zero-order valence-electron chi connectivity index (χ0n) is 21.1. The lowest BCUT2D eigenvalue weighted by molar-refractivity contribution is -0.141. The number of urea groups is 1. The molecule has 0 spiro atoms. The van der Waals surface area contributed by atoms with Gasteiger partial charge in [0.25, 0.3) is 0 Å². The minimum Gasteiger partial charge on any atom is -0.465 e. The van der Waals surface area contributed by atoms with Crippen molar-refractivity contribution in [1.82, 2.24) is 20.0 Å². The Kier molecular flexibility index (Phi) is 11.2. The molecule has 2 heterocycles. The number of hydrogen-bond acceptors (Lipinski definition) is 7. The minimum absolute atomic E-state index is 0.0871. The van der Waals surface area contributed by atoms with Crippen molar-refractivity contribution in [2.75, 3.05) is 59.1 Å². The summed E-state index contributed by atoms with van der Waals surface area (Å²) in [6.45, 7) is 8.42. The summed E-state index contributed by atoms with van der Waals surface area (Å²) in [7, 11) is 0. The summed E-state index contributed by atoms with van der Waals surface area (Å²) in [5.74, 6) is -0.665. The Morgan fingerprint density at radius 3 is 2.47 bits per heavy atom. The first-order chi connectivity index (χ1) is 17.4. The number of nitrogens with zero attached hydrogens (tertiary/aromatic N) is 3. The number of hydrogen-bond donors (Lipinski definition) is 1. The lowest BCUT2D eigenvalue weighted by atomic mass is 10.2. The van der Waals surface area contributed by atoms with Crippen molar-refractivity contribution in [2.45, 2.75) is 26.9 Å². The van der Waals surface area contributed by atoms with E-state index in [0.29, 0.717) is 39.4 Å². The number of benzene rings is 1. The van der Waals surface area contributed by atoms with Crippen molar-refractivity contribution in [3.8, 4) is 0 Å². The maximum Gasteiger partial charge on any atom is 0.325 e. The fraction of sp³-hybridized carbons (Fsp3) is 0.500. The topological polar surface area (TPSA) is 91.4 Å². The fourth-order valence-electron chi connectivity index (χ4n) is 3.87. The van der Waals surface area contributed by atoms with Gasteiger partial charge in [0, 0.05) is 42.5 Å². The molecule has 1 N–H and O–H groups in total. The fourth-order valence-corrected chi connectivity index (χ4v) is 4.77. The molecule has 0 bridgehead atoms. The normalized spacial score (nSPS) is 13.7. The Balaban J connectivity index is 1.70. The van der Waals surface area contributed by atoms with Crippen LogP contribution in [0.15, 0.2) is 42.5 Å². The molecule has 1 fully saturated rings. The highest BCUT2D eigenvalue weighted by Crippen LogP contribution is 2.19. The van der Waals surface area contributed by atoms with E-state index in [4.69, 9.17) is 9.47 Å².